The molecule has 9 aromatic carbocycles. The van der Waals surface area contributed by atoms with Crippen molar-refractivity contribution in [2.45, 2.75) is 0 Å². The summed E-state index contributed by atoms with van der Waals surface area (Å²) in [5, 5.41) is 2.45. The summed E-state index contributed by atoms with van der Waals surface area (Å²) in [6.45, 7) is 0. The van der Waals surface area contributed by atoms with Crippen molar-refractivity contribution >= 4 is 21.8 Å². The van der Waals surface area contributed by atoms with Gasteiger partial charge >= 0.3 is 0 Å². The van der Waals surface area contributed by atoms with Crippen LogP contribution in [0.4, 0.5) is 0 Å². The van der Waals surface area contributed by atoms with Crippen LogP contribution < -0.4 is 0 Å². The molecular weight excluding hydrogens is 741 g/mol. The van der Waals surface area contributed by atoms with Crippen LogP contribution in [0.2, 0.25) is 0 Å². The minimum absolute atomic E-state index is 0.638. The topological polar surface area (TPSA) is 43.6 Å². The van der Waals surface area contributed by atoms with E-state index in [9.17, 15) is 0 Å². The van der Waals surface area contributed by atoms with Crippen molar-refractivity contribution in [3.63, 3.8) is 0 Å². The number of para-hydroxylation sites is 1. The van der Waals surface area contributed by atoms with Crippen LogP contribution in [0.1, 0.15) is 0 Å². The van der Waals surface area contributed by atoms with Gasteiger partial charge in [-0.2, -0.15) is 0 Å². The zero-order valence-electron chi connectivity index (χ0n) is 33.2. The summed E-state index contributed by atoms with van der Waals surface area (Å²) < 4.78 is 2.41. The van der Waals surface area contributed by atoms with Crippen molar-refractivity contribution in [3.8, 4) is 84.4 Å². The van der Waals surface area contributed by atoms with E-state index in [1.807, 2.05) is 60.7 Å². The first kappa shape index (κ1) is 35.9. The smallest absolute Gasteiger partial charge is 0.164 e. The maximum atomic E-state index is 4.95. The molecule has 286 valence electrons. The van der Waals surface area contributed by atoms with Gasteiger partial charge in [-0.05, 0) is 87.0 Å². The van der Waals surface area contributed by atoms with Crippen molar-refractivity contribution in [1.29, 1.82) is 0 Å². The molecule has 0 saturated heterocycles. The van der Waals surface area contributed by atoms with Crippen LogP contribution in [0.5, 0.6) is 0 Å². The standard InChI is InChI=1S/C57H38N4/c1-5-16-39(17-6-1)47-34-48(40-18-7-2-8-19-40)36-49(35-47)46-32-33-52-51-26-13-14-27-53(51)61(54(52)38-46)50-25-15-24-45(37-50)41-28-30-44(31-29-41)57-59-55(42-20-9-3-10-21-42)58-56(60-57)43-22-11-4-12-23-43/h1-38H. The quantitative estimate of drug-likeness (QED) is 0.154. The van der Waals surface area contributed by atoms with Gasteiger partial charge in [0.2, 0.25) is 0 Å². The second-order valence-corrected chi connectivity index (χ2v) is 15.3. The molecule has 0 amide bonds. The molecule has 61 heavy (non-hydrogen) atoms. The zero-order valence-corrected chi connectivity index (χ0v) is 33.2. The summed E-state index contributed by atoms with van der Waals surface area (Å²) in [5.41, 5.74) is 15.6. The molecule has 0 saturated carbocycles. The number of aromatic nitrogens is 4. The third-order valence-electron chi connectivity index (χ3n) is 11.4. The van der Waals surface area contributed by atoms with E-state index in [0.29, 0.717) is 17.5 Å². The Balaban J connectivity index is 0.994. The lowest BCUT2D eigenvalue weighted by Crippen LogP contribution is -2.00. The largest absolute Gasteiger partial charge is 0.309 e. The Kier molecular flexibility index (Phi) is 9.14. The van der Waals surface area contributed by atoms with E-state index in [-0.39, 0.29) is 0 Å². The van der Waals surface area contributed by atoms with E-state index in [2.05, 4.69) is 174 Å². The predicted molar refractivity (Wildman–Crippen MR) is 252 cm³/mol. The second-order valence-electron chi connectivity index (χ2n) is 15.3. The second kappa shape index (κ2) is 15.5. The van der Waals surface area contributed by atoms with Gasteiger partial charge in [-0.25, -0.2) is 15.0 Å². The fourth-order valence-corrected chi connectivity index (χ4v) is 8.39. The van der Waals surface area contributed by atoms with E-state index >= 15 is 0 Å². The number of fused-ring (bicyclic) bond motifs is 3. The highest BCUT2D eigenvalue weighted by Gasteiger charge is 2.16. The lowest BCUT2D eigenvalue weighted by Gasteiger charge is -2.13. The summed E-state index contributed by atoms with van der Waals surface area (Å²) in [6.07, 6.45) is 0. The first-order chi connectivity index (χ1) is 30.2. The highest BCUT2D eigenvalue weighted by atomic mass is 15.0. The highest BCUT2D eigenvalue weighted by Crippen LogP contribution is 2.38. The molecule has 4 nitrogen and oxygen atoms in total. The maximum absolute atomic E-state index is 4.95. The third-order valence-corrected chi connectivity index (χ3v) is 11.4. The monoisotopic (exact) mass is 778 g/mol. The number of hydrogen-bond acceptors (Lipinski definition) is 3. The molecule has 0 bridgehead atoms. The van der Waals surface area contributed by atoms with Crippen molar-refractivity contribution in [2.75, 3.05) is 0 Å². The normalized spacial score (nSPS) is 11.3. The Morgan fingerprint density at radius 1 is 0.230 bits per heavy atom. The van der Waals surface area contributed by atoms with Gasteiger partial charge in [-0.15, -0.1) is 0 Å². The molecule has 0 atom stereocenters. The molecule has 0 radical (unpaired) electrons. The minimum Gasteiger partial charge on any atom is -0.309 e. The summed E-state index contributed by atoms with van der Waals surface area (Å²) in [7, 11) is 0. The van der Waals surface area contributed by atoms with Gasteiger partial charge in [0.05, 0.1) is 11.0 Å². The maximum Gasteiger partial charge on any atom is 0.164 e. The van der Waals surface area contributed by atoms with Crippen molar-refractivity contribution in [1.82, 2.24) is 19.5 Å². The van der Waals surface area contributed by atoms with Crippen LogP contribution in [0.3, 0.4) is 0 Å². The molecule has 0 spiro atoms. The van der Waals surface area contributed by atoms with Crippen molar-refractivity contribution in [2.24, 2.45) is 0 Å². The summed E-state index contributed by atoms with van der Waals surface area (Å²) in [5.74, 6) is 1.94. The van der Waals surface area contributed by atoms with Crippen LogP contribution in [0.15, 0.2) is 231 Å². The highest BCUT2D eigenvalue weighted by molar-refractivity contribution is 6.10. The Bertz CT molecular complexity index is 3210. The Morgan fingerprint density at radius 3 is 1.16 bits per heavy atom. The molecule has 2 heterocycles. The van der Waals surface area contributed by atoms with E-state index < -0.39 is 0 Å². The fourth-order valence-electron chi connectivity index (χ4n) is 8.39. The van der Waals surface area contributed by atoms with Crippen LogP contribution >= 0.6 is 0 Å². The molecule has 0 fully saturated rings. The van der Waals surface area contributed by atoms with Gasteiger partial charge in [0.15, 0.2) is 17.5 Å². The van der Waals surface area contributed by atoms with E-state index in [1.165, 1.54) is 49.7 Å². The molecule has 4 heteroatoms. The number of rotatable bonds is 8. The summed E-state index contributed by atoms with van der Waals surface area (Å²) in [4.78, 5) is 14.8. The van der Waals surface area contributed by atoms with Gasteiger partial charge in [-0.1, -0.05) is 188 Å². The molecule has 0 N–H and O–H groups in total. The number of hydrogen-bond donors (Lipinski definition) is 0. The van der Waals surface area contributed by atoms with Gasteiger partial charge < -0.3 is 4.57 Å². The lowest BCUT2D eigenvalue weighted by atomic mass is 9.93. The minimum atomic E-state index is 0.638. The number of benzene rings is 9. The van der Waals surface area contributed by atoms with Crippen LogP contribution in [-0.4, -0.2) is 19.5 Å². The van der Waals surface area contributed by atoms with Crippen LogP contribution in [0, 0.1) is 0 Å². The van der Waals surface area contributed by atoms with E-state index in [0.717, 1.165) is 39.0 Å². The molecule has 0 aliphatic rings. The Labute approximate surface area is 354 Å². The molecule has 11 aromatic rings. The van der Waals surface area contributed by atoms with Gasteiger partial charge in [0.25, 0.3) is 0 Å². The first-order valence-electron chi connectivity index (χ1n) is 20.6. The van der Waals surface area contributed by atoms with E-state index in [4.69, 9.17) is 15.0 Å². The Hall–Kier alpha value is -8.21. The van der Waals surface area contributed by atoms with Gasteiger partial charge in [-0.3, -0.25) is 0 Å². The molecular formula is C57H38N4. The fraction of sp³-hybridized carbons (Fsp3) is 0. The van der Waals surface area contributed by atoms with E-state index in [1.54, 1.807) is 0 Å². The van der Waals surface area contributed by atoms with Crippen molar-refractivity contribution in [3.05, 3.63) is 231 Å². The molecule has 0 aliphatic carbocycles. The number of nitrogens with zero attached hydrogens (tertiary/aromatic N) is 4. The average Bonchev–Trinajstić information content (AvgIpc) is 3.68. The molecule has 2 aromatic heterocycles. The molecule has 11 rings (SSSR count). The van der Waals surface area contributed by atoms with Crippen LogP contribution in [-0.2, 0) is 0 Å². The lowest BCUT2D eigenvalue weighted by molar-refractivity contribution is 1.07. The Morgan fingerprint density at radius 2 is 0.607 bits per heavy atom. The summed E-state index contributed by atoms with van der Waals surface area (Å²) >= 11 is 0. The molecule has 0 unspecified atom stereocenters. The molecule has 0 aliphatic heterocycles. The van der Waals surface area contributed by atoms with Gasteiger partial charge in [0.1, 0.15) is 0 Å². The predicted octanol–water partition coefficient (Wildman–Crippen LogP) is 14.6. The zero-order chi connectivity index (χ0) is 40.5. The first-order valence-corrected chi connectivity index (χ1v) is 20.6. The van der Waals surface area contributed by atoms with Crippen molar-refractivity contribution < 1.29 is 0 Å². The van der Waals surface area contributed by atoms with Crippen LogP contribution in [0.25, 0.3) is 106 Å². The average molecular weight is 779 g/mol. The van der Waals surface area contributed by atoms with Gasteiger partial charge in [0, 0.05) is 33.2 Å². The third kappa shape index (κ3) is 6.96. The SMILES string of the molecule is c1ccc(-c2cc(-c3ccccc3)cc(-c3ccc4c5ccccc5n(-c5cccc(-c6ccc(-c7nc(-c8ccccc8)nc(-c8ccccc8)n7)cc6)c5)c4c3)c2)cc1. The summed E-state index contributed by atoms with van der Waals surface area (Å²) in [6, 6.07) is 81.5.